The first-order chi connectivity index (χ1) is 9.10. The lowest BCUT2D eigenvalue weighted by molar-refractivity contribution is 0.474. The van der Waals surface area contributed by atoms with Gasteiger partial charge in [0.05, 0.1) is 22.3 Å². The van der Waals surface area contributed by atoms with Crippen molar-refractivity contribution in [2.75, 3.05) is 5.32 Å². The number of phenolic OH excluding ortho intramolecular Hbond substituents is 1. The third kappa shape index (κ3) is 3.18. The minimum atomic E-state index is -0.00228. The summed E-state index contributed by atoms with van der Waals surface area (Å²) in [4.78, 5) is 0. The standard InChI is InChI=1S/C15H13ClN2O/c1-10(12-3-2-4-13(19)8-12)18-15-6-5-11(9-17)7-14(15)16/h2-8,10,18-19H,1H3. The van der Waals surface area contributed by atoms with Crippen LogP contribution in [0.5, 0.6) is 5.75 Å². The number of nitrogens with zero attached hydrogens (tertiary/aromatic N) is 1. The van der Waals surface area contributed by atoms with Crippen LogP contribution >= 0.6 is 11.6 Å². The van der Waals surface area contributed by atoms with Crippen LogP contribution in [0, 0.1) is 11.3 Å². The number of hydrogen-bond acceptors (Lipinski definition) is 3. The molecular formula is C15H13ClN2O. The molecule has 1 atom stereocenters. The molecule has 0 heterocycles. The van der Waals surface area contributed by atoms with Crippen LogP contribution in [-0.4, -0.2) is 5.11 Å². The second kappa shape index (κ2) is 5.64. The fraction of sp³-hybridized carbons (Fsp3) is 0.133. The molecule has 0 aliphatic carbocycles. The van der Waals surface area contributed by atoms with Crippen molar-refractivity contribution < 1.29 is 5.11 Å². The summed E-state index contributed by atoms with van der Waals surface area (Å²) in [5, 5.41) is 22.0. The maximum atomic E-state index is 9.46. The highest BCUT2D eigenvalue weighted by atomic mass is 35.5. The molecule has 4 heteroatoms. The van der Waals surface area contributed by atoms with Crippen LogP contribution in [0.15, 0.2) is 42.5 Å². The molecule has 2 N–H and O–H groups in total. The van der Waals surface area contributed by atoms with E-state index in [1.165, 1.54) is 0 Å². The Hall–Kier alpha value is -2.18. The Kier molecular flexibility index (Phi) is 3.94. The molecule has 0 saturated heterocycles. The Labute approximate surface area is 117 Å². The molecule has 2 rings (SSSR count). The summed E-state index contributed by atoms with van der Waals surface area (Å²) in [6, 6.07) is 14.2. The van der Waals surface area contributed by atoms with E-state index >= 15 is 0 Å². The number of phenols is 1. The van der Waals surface area contributed by atoms with Gasteiger partial charge >= 0.3 is 0 Å². The van der Waals surface area contributed by atoms with Gasteiger partial charge in [-0.3, -0.25) is 0 Å². The van der Waals surface area contributed by atoms with E-state index in [1.54, 1.807) is 36.4 Å². The first-order valence-electron chi connectivity index (χ1n) is 5.85. The zero-order valence-electron chi connectivity index (χ0n) is 10.4. The maximum Gasteiger partial charge on any atom is 0.115 e. The average Bonchev–Trinajstić information content (AvgIpc) is 2.41. The summed E-state index contributed by atoms with van der Waals surface area (Å²) in [5.74, 6) is 0.233. The average molecular weight is 273 g/mol. The molecule has 0 spiro atoms. The van der Waals surface area contributed by atoms with E-state index in [0.29, 0.717) is 10.6 Å². The van der Waals surface area contributed by atoms with E-state index in [4.69, 9.17) is 16.9 Å². The molecule has 0 aromatic heterocycles. The predicted octanol–water partition coefficient (Wildman–Crippen LogP) is 4.09. The highest BCUT2D eigenvalue weighted by molar-refractivity contribution is 6.33. The lowest BCUT2D eigenvalue weighted by Crippen LogP contribution is -2.06. The lowest BCUT2D eigenvalue weighted by atomic mass is 10.1. The number of benzene rings is 2. The van der Waals surface area contributed by atoms with Crippen molar-refractivity contribution in [3.8, 4) is 11.8 Å². The van der Waals surface area contributed by atoms with Crippen molar-refractivity contribution in [3.63, 3.8) is 0 Å². The number of aromatic hydroxyl groups is 1. The smallest absolute Gasteiger partial charge is 0.115 e. The van der Waals surface area contributed by atoms with Gasteiger partial charge in [-0.15, -0.1) is 0 Å². The Morgan fingerprint density at radius 1 is 1.26 bits per heavy atom. The number of hydrogen-bond donors (Lipinski definition) is 2. The van der Waals surface area contributed by atoms with Gasteiger partial charge in [0.1, 0.15) is 5.75 Å². The highest BCUT2D eigenvalue weighted by Crippen LogP contribution is 2.28. The number of nitriles is 1. The summed E-state index contributed by atoms with van der Waals surface area (Å²) in [5.41, 5.74) is 2.25. The van der Waals surface area contributed by atoms with Crippen LogP contribution < -0.4 is 5.32 Å². The van der Waals surface area contributed by atoms with Crippen molar-refractivity contribution >= 4 is 17.3 Å². The van der Waals surface area contributed by atoms with Gasteiger partial charge in [-0.25, -0.2) is 0 Å². The summed E-state index contributed by atoms with van der Waals surface area (Å²) in [7, 11) is 0. The van der Waals surface area contributed by atoms with Gasteiger partial charge in [-0.1, -0.05) is 23.7 Å². The fourth-order valence-electron chi connectivity index (χ4n) is 1.81. The van der Waals surface area contributed by atoms with Crippen LogP contribution in [0.3, 0.4) is 0 Å². The van der Waals surface area contributed by atoms with E-state index in [0.717, 1.165) is 11.3 Å². The van der Waals surface area contributed by atoms with Gasteiger partial charge in [-0.05, 0) is 42.8 Å². The summed E-state index contributed by atoms with van der Waals surface area (Å²) < 4.78 is 0. The number of anilines is 1. The SMILES string of the molecule is CC(Nc1ccc(C#N)cc1Cl)c1cccc(O)c1. The number of rotatable bonds is 3. The molecule has 3 nitrogen and oxygen atoms in total. The monoisotopic (exact) mass is 272 g/mol. The summed E-state index contributed by atoms with van der Waals surface area (Å²) in [6.45, 7) is 1.98. The van der Waals surface area contributed by atoms with Gasteiger partial charge in [0.2, 0.25) is 0 Å². The van der Waals surface area contributed by atoms with Crippen LogP contribution in [-0.2, 0) is 0 Å². The number of halogens is 1. The Balaban J connectivity index is 2.20. The van der Waals surface area contributed by atoms with Crippen LogP contribution in [0.2, 0.25) is 5.02 Å². The molecule has 0 amide bonds. The maximum absolute atomic E-state index is 9.46. The first-order valence-corrected chi connectivity index (χ1v) is 6.23. The second-order valence-electron chi connectivity index (χ2n) is 4.27. The van der Waals surface area contributed by atoms with E-state index < -0.39 is 0 Å². The highest BCUT2D eigenvalue weighted by Gasteiger charge is 2.08. The quantitative estimate of drug-likeness (QED) is 0.885. The van der Waals surface area contributed by atoms with Gasteiger partial charge in [0.25, 0.3) is 0 Å². The first kappa shape index (κ1) is 13.3. The van der Waals surface area contributed by atoms with E-state index in [1.807, 2.05) is 19.1 Å². The molecule has 0 radical (unpaired) electrons. The molecule has 19 heavy (non-hydrogen) atoms. The van der Waals surface area contributed by atoms with E-state index in [2.05, 4.69) is 5.32 Å². The third-order valence-corrected chi connectivity index (χ3v) is 3.15. The third-order valence-electron chi connectivity index (χ3n) is 2.84. The normalized spacial score (nSPS) is 11.6. The van der Waals surface area contributed by atoms with Crippen LogP contribution in [0.25, 0.3) is 0 Å². The van der Waals surface area contributed by atoms with Crippen LogP contribution in [0.1, 0.15) is 24.1 Å². The van der Waals surface area contributed by atoms with Crippen molar-refractivity contribution in [2.24, 2.45) is 0 Å². The molecule has 0 saturated carbocycles. The van der Waals surface area contributed by atoms with Crippen molar-refractivity contribution in [1.82, 2.24) is 0 Å². The molecule has 0 fully saturated rings. The van der Waals surface area contributed by atoms with Gasteiger partial charge in [0.15, 0.2) is 0 Å². The van der Waals surface area contributed by atoms with Crippen molar-refractivity contribution in [2.45, 2.75) is 13.0 Å². The molecule has 0 aliphatic rings. The molecule has 0 bridgehead atoms. The van der Waals surface area contributed by atoms with Gasteiger partial charge in [0, 0.05) is 6.04 Å². The predicted molar refractivity (Wildman–Crippen MR) is 76.3 cm³/mol. The zero-order chi connectivity index (χ0) is 13.8. The number of nitrogens with one attached hydrogen (secondary N) is 1. The van der Waals surface area contributed by atoms with E-state index in [-0.39, 0.29) is 11.8 Å². The van der Waals surface area contributed by atoms with Crippen LogP contribution in [0.4, 0.5) is 5.69 Å². The summed E-state index contributed by atoms with van der Waals surface area (Å²) >= 11 is 6.11. The molecule has 96 valence electrons. The molecule has 2 aromatic rings. The van der Waals surface area contributed by atoms with Crippen molar-refractivity contribution in [3.05, 3.63) is 58.6 Å². The minimum Gasteiger partial charge on any atom is -0.508 e. The minimum absolute atomic E-state index is 0.00228. The summed E-state index contributed by atoms with van der Waals surface area (Å²) in [6.07, 6.45) is 0. The fourth-order valence-corrected chi connectivity index (χ4v) is 2.05. The zero-order valence-corrected chi connectivity index (χ0v) is 11.1. The van der Waals surface area contributed by atoms with E-state index in [9.17, 15) is 5.11 Å². The molecule has 1 unspecified atom stereocenters. The Bertz CT molecular complexity index is 634. The lowest BCUT2D eigenvalue weighted by Gasteiger charge is -2.17. The largest absolute Gasteiger partial charge is 0.508 e. The molecule has 2 aromatic carbocycles. The van der Waals surface area contributed by atoms with Gasteiger partial charge < -0.3 is 10.4 Å². The van der Waals surface area contributed by atoms with Gasteiger partial charge in [-0.2, -0.15) is 5.26 Å². The molecular weight excluding hydrogens is 260 g/mol. The van der Waals surface area contributed by atoms with Crippen molar-refractivity contribution in [1.29, 1.82) is 5.26 Å². The molecule has 0 aliphatic heterocycles. The topological polar surface area (TPSA) is 56.0 Å². The Morgan fingerprint density at radius 3 is 2.68 bits per heavy atom. The second-order valence-corrected chi connectivity index (χ2v) is 4.67. The Morgan fingerprint density at radius 2 is 2.05 bits per heavy atom.